The zero-order chi connectivity index (χ0) is 16.2. The number of nitrogens with zero attached hydrogens (tertiary/aromatic N) is 1. The van der Waals surface area contributed by atoms with E-state index in [4.69, 9.17) is 4.74 Å². The maximum Gasteiger partial charge on any atom is 0.243 e. The zero-order valence-corrected chi connectivity index (χ0v) is 12.8. The van der Waals surface area contributed by atoms with Crippen molar-refractivity contribution in [2.24, 2.45) is 11.0 Å². The van der Waals surface area contributed by atoms with Gasteiger partial charge in [-0.05, 0) is 41.7 Å². The third-order valence-electron chi connectivity index (χ3n) is 3.95. The molecule has 5 heteroatoms. The Morgan fingerprint density at radius 2 is 2.09 bits per heavy atom. The predicted molar refractivity (Wildman–Crippen MR) is 87.7 cm³/mol. The lowest BCUT2D eigenvalue weighted by Crippen LogP contribution is -2.20. The maximum absolute atomic E-state index is 12.1. The summed E-state index contributed by atoms with van der Waals surface area (Å²) in [5.74, 6) is 0.647. The number of benzene rings is 2. The van der Waals surface area contributed by atoms with Crippen molar-refractivity contribution in [2.45, 2.75) is 12.3 Å². The Bertz CT molecular complexity index is 728. The van der Waals surface area contributed by atoms with Crippen LogP contribution in [0.2, 0.25) is 0 Å². The minimum absolute atomic E-state index is 0.0103. The summed E-state index contributed by atoms with van der Waals surface area (Å²) in [6.07, 6.45) is 2.39. The number of ether oxygens (including phenoxy) is 1. The van der Waals surface area contributed by atoms with Crippen LogP contribution in [0.1, 0.15) is 23.5 Å². The van der Waals surface area contributed by atoms with Crippen LogP contribution >= 0.6 is 0 Å². The Kier molecular flexibility index (Phi) is 4.28. The van der Waals surface area contributed by atoms with Gasteiger partial charge >= 0.3 is 0 Å². The predicted octanol–water partition coefficient (Wildman–Crippen LogP) is 2.65. The maximum atomic E-state index is 12.1. The first kappa shape index (κ1) is 15.1. The lowest BCUT2D eigenvalue weighted by Gasteiger charge is -2.03. The molecule has 2 aromatic carbocycles. The molecule has 23 heavy (non-hydrogen) atoms. The lowest BCUT2D eigenvalue weighted by atomic mass is 10.1. The van der Waals surface area contributed by atoms with E-state index in [2.05, 4.69) is 10.5 Å². The minimum atomic E-state index is -0.0687. The molecule has 2 N–H and O–H groups in total. The molecular weight excluding hydrogens is 292 g/mol. The average Bonchev–Trinajstić information content (AvgIpc) is 3.38. The third-order valence-corrected chi connectivity index (χ3v) is 3.95. The molecule has 3 rings (SSSR count). The van der Waals surface area contributed by atoms with Crippen LogP contribution in [-0.4, -0.2) is 24.3 Å². The smallest absolute Gasteiger partial charge is 0.243 e. The molecule has 2 unspecified atom stereocenters. The Morgan fingerprint density at radius 1 is 1.30 bits per heavy atom. The molecule has 1 aliphatic rings. The van der Waals surface area contributed by atoms with Gasteiger partial charge in [-0.2, -0.15) is 5.10 Å². The summed E-state index contributed by atoms with van der Waals surface area (Å²) >= 11 is 0. The van der Waals surface area contributed by atoms with E-state index in [9.17, 15) is 9.90 Å². The topological polar surface area (TPSA) is 70.9 Å². The number of methoxy groups -OCH3 is 1. The molecule has 0 spiro atoms. The first-order chi connectivity index (χ1) is 11.2. The van der Waals surface area contributed by atoms with Crippen molar-refractivity contribution < 1.29 is 14.6 Å². The van der Waals surface area contributed by atoms with Gasteiger partial charge < -0.3 is 9.84 Å². The molecule has 2 atom stereocenters. The normalized spacial score (nSPS) is 19.5. The molecule has 0 bridgehead atoms. The second-order valence-corrected chi connectivity index (χ2v) is 5.52. The number of aromatic hydroxyl groups is 1. The molecule has 118 valence electrons. The van der Waals surface area contributed by atoms with Gasteiger partial charge in [-0.25, -0.2) is 5.43 Å². The van der Waals surface area contributed by atoms with Crippen LogP contribution in [-0.2, 0) is 4.79 Å². The van der Waals surface area contributed by atoms with Crippen LogP contribution < -0.4 is 10.2 Å². The number of phenols is 1. The number of carbonyl (C=O) groups is 1. The van der Waals surface area contributed by atoms with E-state index >= 15 is 0 Å². The third kappa shape index (κ3) is 3.51. The number of phenolic OH excluding ortho intramolecular Hbond substituents is 1. The van der Waals surface area contributed by atoms with E-state index in [-0.39, 0.29) is 17.6 Å². The molecule has 0 radical (unpaired) electrons. The monoisotopic (exact) mass is 310 g/mol. The van der Waals surface area contributed by atoms with Crippen LogP contribution in [0.3, 0.4) is 0 Å². The number of carbonyl (C=O) groups excluding carboxylic acids is 1. The molecule has 1 amide bonds. The molecule has 0 heterocycles. The van der Waals surface area contributed by atoms with Gasteiger partial charge in [0.15, 0.2) is 11.5 Å². The standard InChI is InChI=1S/C18H18N2O3/c1-23-17-9-12(7-8-16(17)21)11-19-20-18(22)15-10-14(15)13-5-3-2-4-6-13/h2-9,11,14-15,21H,10H2,1H3,(H,20,22)/b19-11-. The summed E-state index contributed by atoms with van der Waals surface area (Å²) in [5.41, 5.74) is 4.50. The first-order valence-electron chi connectivity index (χ1n) is 7.44. The van der Waals surface area contributed by atoms with E-state index in [0.717, 1.165) is 12.0 Å². The van der Waals surface area contributed by atoms with E-state index in [1.807, 2.05) is 30.3 Å². The van der Waals surface area contributed by atoms with Gasteiger partial charge in [-0.15, -0.1) is 0 Å². The van der Waals surface area contributed by atoms with Gasteiger partial charge in [-0.3, -0.25) is 4.79 Å². The minimum Gasteiger partial charge on any atom is -0.504 e. The lowest BCUT2D eigenvalue weighted by molar-refractivity contribution is -0.122. The van der Waals surface area contributed by atoms with Gasteiger partial charge in [0.25, 0.3) is 0 Å². The van der Waals surface area contributed by atoms with Crippen molar-refractivity contribution in [3.05, 3.63) is 59.7 Å². The van der Waals surface area contributed by atoms with Gasteiger partial charge in [0.1, 0.15) is 0 Å². The van der Waals surface area contributed by atoms with E-state index in [1.165, 1.54) is 25.0 Å². The van der Waals surface area contributed by atoms with Gasteiger partial charge in [0.05, 0.1) is 13.3 Å². The highest BCUT2D eigenvalue weighted by Gasteiger charge is 2.43. The van der Waals surface area contributed by atoms with Crippen molar-refractivity contribution in [1.29, 1.82) is 0 Å². The van der Waals surface area contributed by atoms with Crippen LogP contribution in [0.4, 0.5) is 0 Å². The SMILES string of the molecule is COc1cc(/C=N\NC(=O)C2CC2c2ccccc2)ccc1O. The van der Waals surface area contributed by atoms with E-state index < -0.39 is 0 Å². The van der Waals surface area contributed by atoms with E-state index in [1.54, 1.807) is 12.1 Å². The quantitative estimate of drug-likeness (QED) is 0.659. The van der Waals surface area contributed by atoms with Crippen LogP contribution in [0.15, 0.2) is 53.6 Å². The Hall–Kier alpha value is -2.82. The number of hydrazone groups is 1. The fraction of sp³-hybridized carbons (Fsp3) is 0.222. The molecule has 5 nitrogen and oxygen atoms in total. The van der Waals surface area contributed by atoms with Crippen molar-refractivity contribution >= 4 is 12.1 Å². The summed E-state index contributed by atoms with van der Waals surface area (Å²) in [7, 11) is 1.48. The first-order valence-corrected chi connectivity index (χ1v) is 7.44. The fourth-order valence-electron chi connectivity index (χ4n) is 2.58. The van der Waals surface area contributed by atoms with Gasteiger partial charge in [-0.1, -0.05) is 30.3 Å². The van der Waals surface area contributed by atoms with E-state index in [0.29, 0.717) is 11.7 Å². The Labute approximate surface area is 134 Å². The summed E-state index contributed by atoms with van der Waals surface area (Å²) < 4.78 is 5.03. The molecule has 0 aliphatic heterocycles. The molecule has 0 saturated heterocycles. The van der Waals surface area contributed by atoms with Crippen LogP contribution in [0.5, 0.6) is 11.5 Å². The highest BCUT2D eigenvalue weighted by atomic mass is 16.5. The molecule has 0 aromatic heterocycles. The van der Waals surface area contributed by atoms with Crippen LogP contribution in [0, 0.1) is 5.92 Å². The number of nitrogens with one attached hydrogen (secondary N) is 1. The van der Waals surface area contributed by atoms with Gasteiger partial charge in [0, 0.05) is 5.92 Å². The summed E-state index contributed by atoms with van der Waals surface area (Å²) in [4.78, 5) is 12.1. The number of hydrogen-bond acceptors (Lipinski definition) is 4. The van der Waals surface area contributed by atoms with Crippen molar-refractivity contribution in [1.82, 2.24) is 5.43 Å². The molecule has 1 aliphatic carbocycles. The van der Waals surface area contributed by atoms with Crippen molar-refractivity contribution in [2.75, 3.05) is 7.11 Å². The molecule has 2 aromatic rings. The summed E-state index contributed by atoms with van der Waals surface area (Å²) in [5, 5.41) is 13.5. The molecule has 1 fully saturated rings. The van der Waals surface area contributed by atoms with Crippen molar-refractivity contribution in [3.8, 4) is 11.5 Å². The second-order valence-electron chi connectivity index (χ2n) is 5.52. The van der Waals surface area contributed by atoms with Crippen molar-refractivity contribution in [3.63, 3.8) is 0 Å². The average molecular weight is 310 g/mol. The van der Waals surface area contributed by atoms with Gasteiger partial charge in [0.2, 0.25) is 5.91 Å². The largest absolute Gasteiger partial charge is 0.504 e. The highest BCUT2D eigenvalue weighted by molar-refractivity contribution is 5.86. The Balaban J connectivity index is 1.56. The molecular formula is C18H18N2O3. The number of hydrogen-bond donors (Lipinski definition) is 2. The van der Waals surface area contributed by atoms with Crippen LogP contribution in [0.25, 0.3) is 0 Å². The summed E-state index contributed by atoms with van der Waals surface area (Å²) in [6, 6.07) is 14.9. The fourth-order valence-corrected chi connectivity index (χ4v) is 2.58. The highest BCUT2D eigenvalue weighted by Crippen LogP contribution is 2.47. The second kappa shape index (κ2) is 6.52. The zero-order valence-electron chi connectivity index (χ0n) is 12.8. The molecule has 1 saturated carbocycles. The Morgan fingerprint density at radius 3 is 2.83 bits per heavy atom. The number of amides is 1. The summed E-state index contributed by atoms with van der Waals surface area (Å²) in [6.45, 7) is 0. The number of rotatable bonds is 5.